The molecule has 0 amide bonds. The van der Waals surface area contributed by atoms with E-state index in [4.69, 9.17) is 10.5 Å². The number of ether oxygens (including phenoxy) is 1. The van der Waals surface area contributed by atoms with E-state index in [-0.39, 0.29) is 6.61 Å². The van der Waals surface area contributed by atoms with Crippen LogP contribution in [0.25, 0.3) is 0 Å². The van der Waals surface area contributed by atoms with Gasteiger partial charge in [-0.3, -0.25) is 4.79 Å². The van der Waals surface area contributed by atoms with Crippen molar-refractivity contribution in [3.8, 4) is 0 Å². The normalized spacial score (nSPS) is 15.5. The average Bonchev–Trinajstić information content (AvgIpc) is 2.44. The summed E-state index contributed by atoms with van der Waals surface area (Å²) in [6, 6.07) is 8.41. The van der Waals surface area contributed by atoms with Crippen LogP contribution in [0.2, 0.25) is 0 Å². The molecule has 0 saturated carbocycles. The summed E-state index contributed by atoms with van der Waals surface area (Å²) in [5.41, 5.74) is 5.80. The Morgan fingerprint density at radius 3 is 2.56 bits per heavy atom. The zero-order chi connectivity index (χ0) is 13.6. The Morgan fingerprint density at radius 2 is 2.06 bits per heavy atom. The molecule has 0 saturated heterocycles. The fourth-order valence-corrected chi connectivity index (χ4v) is 1.46. The highest BCUT2D eigenvalue weighted by Crippen LogP contribution is 2.22. The minimum absolute atomic E-state index is 0.173. The lowest BCUT2D eigenvalue weighted by Crippen LogP contribution is -2.47. The van der Waals surface area contributed by atoms with Gasteiger partial charge in [0, 0.05) is 5.41 Å². The third-order valence-corrected chi connectivity index (χ3v) is 3.22. The highest BCUT2D eigenvalue weighted by molar-refractivity contribution is 5.81. The Morgan fingerprint density at radius 1 is 1.44 bits per heavy atom. The van der Waals surface area contributed by atoms with E-state index < -0.39 is 17.4 Å². The minimum Gasteiger partial charge on any atom is -0.460 e. The number of carbonyl (C=O) groups is 2. The molecule has 0 heterocycles. The van der Waals surface area contributed by atoms with Gasteiger partial charge in [0.1, 0.15) is 18.9 Å². The summed E-state index contributed by atoms with van der Waals surface area (Å²) >= 11 is 0. The second-order valence-electron chi connectivity index (χ2n) is 4.55. The largest absolute Gasteiger partial charge is 0.460 e. The number of carbonyl (C=O) groups excluding carboxylic acids is 2. The van der Waals surface area contributed by atoms with Crippen molar-refractivity contribution in [3.05, 3.63) is 35.9 Å². The van der Waals surface area contributed by atoms with Gasteiger partial charge >= 0.3 is 5.97 Å². The van der Waals surface area contributed by atoms with E-state index in [1.807, 2.05) is 37.3 Å². The molecule has 2 unspecified atom stereocenters. The van der Waals surface area contributed by atoms with Crippen molar-refractivity contribution in [1.82, 2.24) is 0 Å². The van der Waals surface area contributed by atoms with Crippen LogP contribution in [0, 0.1) is 5.41 Å². The van der Waals surface area contributed by atoms with Gasteiger partial charge in [-0.05, 0) is 12.0 Å². The monoisotopic (exact) mass is 249 g/mol. The lowest BCUT2D eigenvalue weighted by Gasteiger charge is -2.26. The average molecular weight is 249 g/mol. The first kappa shape index (κ1) is 14.4. The molecule has 4 nitrogen and oxygen atoms in total. The van der Waals surface area contributed by atoms with Crippen LogP contribution in [0.1, 0.15) is 25.8 Å². The quantitative estimate of drug-likeness (QED) is 0.615. The van der Waals surface area contributed by atoms with E-state index in [9.17, 15) is 9.59 Å². The number of hydrogen-bond acceptors (Lipinski definition) is 4. The summed E-state index contributed by atoms with van der Waals surface area (Å²) in [7, 11) is 0. The number of aldehydes is 1. The lowest BCUT2D eigenvalue weighted by atomic mass is 9.82. The number of esters is 1. The fraction of sp³-hybridized carbons (Fsp3) is 0.429. The third kappa shape index (κ3) is 3.40. The molecule has 4 heteroatoms. The molecule has 0 aliphatic carbocycles. The van der Waals surface area contributed by atoms with E-state index in [1.54, 1.807) is 6.92 Å². The van der Waals surface area contributed by atoms with E-state index >= 15 is 0 Å². The summed E-state index contributed by atoms with van der Waals surface area (Å²) in [5, 5.41) is 0. The standard InChI is InChI=1S/C14H19NO3/c1-3-14(2,10-16)12(15)13(17)18-9-11-7-5-4-6-8-11/h4-8,10,12H,3,9,15H2,1-2H3. The van der Waals surface area contributed by atoms with Crippen molar-refractivity contribution in [1.29, 1.82) is 0 Å². The zero-order valence-corrected chi connectivity index (χ0v) is 10.8. The molecule has 18 heavy (non-hydrogen) atoms. The molecule has 0 fully saturated rings. The Kier molecular flexibility index (Phi) is 5.04. The first-order valence-corrected chi connectivity index (χ1v) is 5.96. The summed E-state index contributed by atoms with van der Waals surface area (Å²) in [6.07, 6.45) is 1.22. The molecule has 0 spiro atoms. The van der Waals surface area contributed by atoms with Crippen LogP contribution in [0.15, 0.2) is 30.3 Å². The molecule has 1 aromatic rings. The van der Waals surface area contributed by atoms with Crippen LogP contribution < -0.4 is 5.73 Å². The van der Waals surface area contributed by atoms with Crippen LogP contribution >= 0.6 is 0 Å². The molecular weight excluding hydrogens is 230 g/mol. The Bertz CT molecular complexity index is 405. The minimum atomic E-state index is -0.927. The van der Waals surface area contributed by atoms with Gasteiger partial charge in [0.2, 0.25) is 0 Å². The summed E-state index contributed by atoms with van der Waals surface area (Å²) < 4.78 is 5.12. The topological polar surface area (TPSA) is 69.4 Å². The first-order valence-electron chi connectivity index (χ1n) is 5.96. The number of hydrogen-bond donors (Lipinski definition) is 1. The van der Waals surface area contributed by atoms with Crippen LogP contribution in [0.3, 0.4) is 0 Å². The Labute approximate surface area is 107 Å². The van der Waals surface area contributed by atoms with Gasteiger partial charge in [0.15, 0.2) is 0 Å². The second kappa shape index (κ2) is 6.31. The van der Waals surface area contributed by atoms with Gasteiger partial charge in [-0.2, -0.15) is 0 Å². The SMILES string of the molecule is CCC(C)(C=O)C(N)C(=O)OCc1ccccc1. The fourth-order valence-electron chi connectivity index (χ4n) is 1.46. The van der Waals surface area contributed by atoms with Gasteiger partial charge in [0.05, 0.1) is 0 Å². The molecule has 98 valence electrons. The van der Waals surface area contributed by atoms with E-state index in [1.165, 1.54) is 0 Å². The van der Waals surface area contributed by atoms with Gasteiger partial charge in [-0.15, -0.1) is 0 Å². The molecule has 2 N–H and O–H groups in total. The summed E-state index contributed by atoms with van der Waals surface area (Å²) in [5.74, 6) is -0.546. The van der Waals surface area contributed by atoms with Crippen molar-refractivity contribution in [2.75, 3.05) is 0 Å². The van der Waals surface area contributed by atoms with Crippen LogP contribution in [0.4, 0.5) is 0 Å². The molecule has 1 rings (SSSR count). The highest BCUT2D eigenvalue weighted by atomic mass is 16.5. The smallest absolute Gasteiger partial charge is 0.324 e. The van der Waals surface area contributed by atoms with Crippen LogP contribution in [0.5, 0.6) is 0 Å². The van der Waals surface area contributed by atoms with Crippen molar-refractivity contribution in [2.45, 2.75) is 32.9 Å². The van der Waals surface area contributed by atoms with E-state index in [0.717, 1.165) is 11.8 Å². The van der Waals surface area contributed by atoms with E-state index in [0.29, 0.717) is 6.42 Å². The molecule has 1 aromatic carbocycles. The molecule has 0 aromatic heterocycles. The Balaban J connectivity index is 2.58. The molecule has 0 aliphatic rings. The van der Waals surface area contributed by atoms with Gasteiger partial charge in [0.25, 0.3) is 0 Å². The summed E-state index contributed by atoms with van der Waals surface area (Å²) in [6.45, 7) is 3.65. The van der Waals surface area contributed by atoms with Gasteiger partial charge in [-0.25, -0.2) is 0 Å². The van der Waals surface area contributed by atoms with Gasteiger partial charge < -0.3 is 15.3 Å². The van der Waals surface area contributed by atoms with Crippen molar-refractivity contribution in [3.63, 3.8) is 0 Å². The van der Waals surface area contributed by atoms with Crippen molar-refractivity contribution in [2.24, 2.45) is 11.1 Å². The third-order valence-electron chi connectivity index (χ3n) is 3.22. The first-order chi connectivity index (χ1) is 8.53. The zero-order valence-electron chi connectivity index (χ0n) is 10.8. The van der Waals surface area contributed by atoms with Crippen LogP contribution in [-0.2, 0) is 20.9 Å². The molecule has 0 aliphatic heterocycles. The molecular formula is C14H19NO3. The number of nitrogens with two attached hydrogens (primary N) is 1. The maximum Gasteiger partial charge on any atom is 0.324 e. The summed E-state index contributed by atoms with van der Waals surface area (Å²) in [4.78, 5) is 22.8. The lowest BCUT2D eigenvalue weighted by molar-refractivity contribution is -0.151. The molecule has 0 radical (unpaired) electrons. The predicted octanol–water partition coefficient (Wildman–Crippen LogP) is 1.67. The number of benzene rings is 1. The maximum absolute atomic E-state index is 11.8. The Hall–Kier alpha value is -1.68. The molecule has 0 bridgehead atoms. The van der Waals surface area contributed by atoms with E-state index in [2.05, 4.69) is 0 Å². The van der Waals surface area contributed by atoms with Crippen molar-refractivity contribution < 1.29 is 14.3 Å². The number of rotatable bonds is 6. The molecule has 2 atom stereocenters. The second-order valence-corrected chi connectivity index (χ2v) is 4.55. The maximum atomic E-state index is 11.8. The highest BCUT2D eigenvalue weighted by Gasteiger charge is 2.35. The van der Waals surface area contributed by atoms with Crippen molar-refractivity contribution >= 4 is 12.3 Å². The van der Waals surface area contributed by atoms with Crippen LogP contribution in [-0.4, -0.2) is 18.3 Å². The predicted molar refractivity (Wildman–Crippen MR) is 68.7 cm³/mol. The van der Waals surface area contributed by atoms with Gasteiger partial charge in [-0.1, -0.05) is 44.2 Å².